The van der Waals surface area contributed by atoms with E-state index in [1.165, 1.54) is 6.07 Å². The first kappa shape index (κ1) is 11.3. The number of benzene rings is 1. The molecule has 0 unspecified atom stereocenters. The quantitative estimate of drug-likeness (QED) is 0.591. The van der Waals surface area contributed by atoms with E-state index < -0.39 is 0 Å². The summed E-state index contributed by atoms with van der Waals surface area (Å²) < 4.78 is 0. The molecule has 0 atom stereocenters. The number of nitriles is 1. The van der Waals surface area contributed by atoms with Crippen LogP contribution in [0.1, 0.15) is 36.0 Å². The maximum atomic E-state index is 11.6. The van der Waals surface area contributed by atoms with Crippen molar-refractivity contribution in [2.75, 3.05) is 0 Å². The minimum Gasteiger partial charge on any atom is -0.507 e. The van der Waals surface area contributed by atoms with Crippen molar-refractivity contribution in [1.82, 2.24) is 0 Å². The van der Waals surface area contributed by atoms with Gasteiger partial charge in [0.05, 0.1) is 11.6 Å². The van der Waals surface area contributed by atoms with Crippen molar-refractivity contribution in [3.8, 4) is 11.8 Å². The first-order valence-corrected chi connectivity index (χ1v) is 4.94. The van der Waals surface area contributed by atoms with Gasteiger partial charge in [0.1, 0.15) is 5.75 Å². The van der Waals surface area contributed by atoms with Gasteiger partial charge >= 0.3 is 0 Å². The second kappa shape index (κ2) is 5.82. The zero-order valence-electron chi connectivity index (χ0n) is 8.44. The van der Waals surface area contributed by atoms with E-state index in [0.29, 0.717) is 24.8 Å². The van der Waals surface area contributed by atoms with Crippen LogP contribution in [-0.2, 0) is 0 Å². The fourth-order valence-corrected chi connectivity index (χ4v) is 1.33. The highest BCUT2D eigenvalue weighted by atomic mass is 16.3. The van der Waals surface area contributed by atoms with Gasteiger partial charge in [-0.15, -0.1) is 0 Å². The number of ketones is 1. The lowest BCUT2D eigenvalue weighted by Gasteiger charge is -2.02. The number of carbonyl (C=O) groups excluding carboxylic acids is 1. The average molecular weight is 203 g/mol. The summed E-state index contributed by atoms with van der Waals surface area (Å²) in [6.07, 6.45) is 2.30. The minimum absolute atomic E-state index is 0.0304. The highest BCUT2D eigenvalue weighted by Gasteiger charge is 2.09. The van der Waals surface area contributed by atoms with Crippen molar-refractivity contribution in [2.45, 2.75) is 25.7 Å². The Balaban J connectivity index is 2.48. The SMILES string of the molecule is N#CCCCCC(=O)c1ccccc1O. The van der Waals surface area contributed by atoms with Gasteiger partial charge in [-0.3, -0.25) is 4.79 Å². The van der Waals surface area contributed by atoms with E-state index in [1.54, 1.807) is 18.2 Å². The van der Waals surface area contributed by atoms with Crippen LogP contribution < -0.4 is 0 Å². The monoisotopic (exact) mass is 203 g/mol. The molecular formula is C12H13NO2. The van der Waals surface area contributed by atoms with Crippen molar-refractivity contribution < 1.29 is 9.90 Å². The highest BCUT2D eigenvalue weighted by molar-refractivity contribution is 5.98. The molecule has 1 aromatic carbocycles. The number of phenols is 1. The van der Waals surface area contributed by atoms with Crippen LogP contribution in [0.3, 0.4) is 0 Å². The molecule has 0 aromatic heterocycles. The molecule has 0 fully saturated rings. The molecule has 1 N–H and O–H groups in total. The summed E-state index contributed by atoms with van der Waals surface area (Å²) in [6.45, 7) is 0. The van der Waals surface area contributed by atoms with E-state index in [-0.39, 0.29) is 11.5 Å². The predicted molar refractivity (Wildman–Crippen MR) is 56.5 cm³/mol. The number of hydrogen-bond donors (Lipinski definition) is 1. The van der Waals surface area contributed by atoms with Crippen LogP contribution in [0.4, 0.5) is 0 Å². The zero-order chi connectivity index (χ0) is 11.1. The third-order valence-electron chi connectivity index (χ3n) is 2.15. The maximum absolute atomic E-state index is 11.6. The van der Waals surface area contributed by atoms with Gasteiger partial charge in [-0.05, 0) is 25.0 Å². The van der Waals surface area contributed by atoms with Gasteiger partial charge in [0, 0.05) is 12.8 Å². The first-order valence-electron chi connectivity index (χ1n) is 4.94. The molecule has 0 bridgehead atoms. The number of phenolic OH excluding ortho intramolecular Hbond substituents is 1. The van der Waals surface area contributed by atoms with E-state index >= 15 is 0 Å². The number of nitrogens with zero attached hydrogens (tertiary/aromatic N) is 1. The topological polar surface area (TPSA) is 61.1 Å². The Hall–Kier alpha value is -1.82. The highest BCUT2D eigenvalue weighted by Crippen LogP contribution is 2.18. The molecule has 0 aliphatic heterocycles. The fraction of sp³-hybridized carbons (Fsp3) is 0.333. The Morgan fingerprint density at radius 3 is 2.73 bits per heavy atom. The summed E-state index contributed by atoms with van der Waals surface area (Å²) in [4.78, 5) is 11.6. The molecule has 1 rings (SSSR count). The molecule has 0 saturated carbocycles. The summed E-state index contributed by atoms with van der Waals surface area (Å²) in [5.74, 6) is -0.0335. The molecule has 0 aliphatic carbocycles. The van der Waals surface area contributed by atoms with Crippen LogP contribution in [0.2, 0.25) is 0 Å². The zero-order valence-corrected chi connectivity index (χ0v) is 8.44. The molecule has 3 heteroatoms. The Morgan fingerprint density at radius 2 is 2.07 bits per heavy atom. The second-order valence-electron chi connectivity index (χ2n) is 3.31. The molecule has 15 heavy (non-hydrogen) atoms. The number of Topliss-reactive ketones (excluding diaryl/α,β-unsaturated/α-hetero) is 1. The Labute approximate surface area is 89.0 Å². The van der Waals surface area contributed by atoms with Gasteiger partial charge in [0.15, 0.2) is 5.78 Å². The van der Waals surface area contributed by atoms with Crippen molar-refractivity contribution in [3.63, 3.8) is 0 Å². The Kier molecular flexibility index (Phi) is 4.36. The van der Waals surface area contributed by atoms with Crippen LogP contribution in [0.25, 0.3) is 0 Å². The molecule has 78 valence electrons. The molecule has 0 heterocycles. The van der Waals surface area contributed by atoms with Crippen LogP contribution in [-0.4, -0.2) is 10.9 Å². The summed E-state index contributed by atoms with van der Waals surface area (Å²) in [5.41, 5.74) is 0.370. The first-order chi connectivity index (χ1) is 7.25. The molecule has 0 saturated heterocycles. The van der Waals surface area contributed by atoms with E-state index in [1.807, 2.05) is 6.07 Å². The number of para-hydroxylation sites is 1. The number of aromatic hydroxyl groups is 1. The molecule has 0 spiro atoms. The Bertz CT molecular complexity index is 379. The average Bonchev–Trinajstić information content (AvgIpc) is 2.25. The van der Waals surface area contributed by atoms with Gasteiger partial charge in [-0.2, -0.15) is 5.26 Å². The minimum atomic E-state index is -0.0639. The fourth-order valence-electron chi connectivity index (χ4n) is 1.33. The van der Waals surface area contributed by atoms with Crippen LogP contribution >= 0.6 is 0 Å². The van der Waals surface area contributed by atoms with E-state index in [2.05, 4.69) is 0 Å². The van der Waals surface area contributed by atoms with Gasteiger partial charge < -0.3 is 5.11 Å². The van der Waals surface area contributed by atoms with Crippen molar-refractivity contribution >= 4 is 5.78 Å². The standard InChI is InChI=1S/C12H13NO2/c13-9-5-1-2-7-11(14)10-6-3-4-8-12(10)15/h3-4,6,8,15H,1-2,5,7H2. The lowest BCUT2D eigenvalue weighted by Crippen LogP contribution is -1.98. The van der Waals surface area contributed by atoms with Crippen LogP contribution in [0, 0.1) is 11.3 Å². The summed E-state index contributed by atoms with van der Waals surface area (Å²) in [6, 6.07) is 8.55. The third kappa shape index (κ3) is 3.43. The van der Waals surface area contributed by atoms with Gasteiger partial charge in [0.2, 0.25) is 0 Å². The lowest BCUT2D eigenvalue weighted by molar-refractivity contribution is 0.0977. The van der Waals surface area contributed by atoms with Gasteiger partial charge in [-0.1, -0.05) is 12.1 Å². The van der Waals surface area contributed by atoms with Crippen molar-refractivity contribution in [2.24, 2.45) is 0 Å². The van der Waals surface area contributed by atoms with Crippen molar-refractivity contribution in [1.29, 1.82) is 5.26 Å². The lowest BCUT2D eigenvalue weighted by atomic mass is 10.0. The summed E-state index contributed by atoms with van der Waals surface area (Å²) >= 11 is 0. The molecule has 1 aromatic rings. The Morgan fingerprint density at radius 1 is 1.33 bits per heavy atom. The molecular weight excluding hydrogens is 190 g/mol. The smallest absolute Gasteiger partial charge is 0.166 e. The summed E-state index contributed by atoms with van der Waals surface area (Å²) in [5, 5.41) is 17.7. The van der Waals surface area contributed by atoms with Crippen LogP contribution in [0.5, 0.6) is 5.75 Å². The largest absolute Gasteiger partial charge is 0.507 e. The number of hydrogen-bond acceptors (Lipinski definition) is 3. The normalized spacial score (nSPS) is 9.53. The van der Waals surface area contributed by atoms with E-state index in [4.69, 9.17) is 5.26 Å². The molecule has 0 amide bonds. The summed E-state index contributed by atoms with van der Waals surface area (Å²) in [7, 11) is 0. The maximum Gasteiger partial charge on any atom is 0.166 e. The third-order valence-corrected chi connectivity index (χ3v) is 2.15. The molecule has 0 aliphatic rings. The van der Waals surface area contributed by atoms with E-state index in [0.717, 1.165) is 6.42 Å². The number of carbonyl (C=O) groups is 1. The van der Waals surface area contributed by atoms with Crippen LogP contribution in [0.15, 0.2) is 24.3 Å². The molecule has 0 radical (unpaired) electrons. The van der Waals surface area contributed by atoms with Gasteiger partial charge in [0.25, 0.3) is 0 Å². The molecule has 3 nitrogen and oxygen atoms in total. The number of unbranched alkanes of at least 4 members (excludes halogenated alkanes) is 2. The van der Waals surface area contributed by atoms with Gasteiger partial charge in [-0.25, -0.2) is 0 Å². The van der Waals surface area contributed by atoms with E-state index in [9.17, 15) is 9.90 Å². The van der Waals surface area contributed by atoms with Crippen molar-refractivity contribution in [3.05, 3.63) is 29.8 Å². The second-order valence-corrected chi connectivity index (χ2v) is 3.31. The number of rotatable bonds is 5. The predicted octanol–water partition coefficient (Wildman–Crippen LogP) is 2.66.